The molecule has 0 radical (unpaired) electrons. The molecule has 0 aromatic heterocycles. The lowest BCUT2D eigenvalue weighted by atomic mass is 9.94. The van der Waals surface area contributed by atoms with Crippen molar-refractivity contribution in [3.63, 3.8) is 0 Å². The molecule has 0 aromatic rings. The maximum Gasteiger partial charge on any atom is 0.225 e. The maximum absolute atomic E-state index is 11.8. The van der Waals surface area contributed by atoms with Crippen LogP contribution in [0.3, 0.4) is 0 Å². The third kappa shape index (κ3) is 4.10. The van der Waals surface area contributed by atoms with Crippen LogP contribution in [-0.4, -0.2) is 43.0 Å². The van der Waals surface area contributed by atoms with Gasteiger partial charge in [-0.1, -0.05) is 20.8 Å². The van der Waals surface area contributed by atoms with Crippen molar-refractivity contribution >= 4 is 5.91 Å². The molecule has 4 nitrogen and oxygen atoms in total. The number of rotatable bonds is 3. The van der Waals surface area contributed by atoms with Gasteiger partial charge in [0.15, 0.2) is 0 Å². The molecule has 94 valence electrons. The van der Waals surface area contributed by atoms with Crippen LogP contribution in [0.2, 0.25) is 0 Å². The Morgan fingerprint density at radius 2 is 1.94 bits per heavy atom. The van der Waals surface area contributed by atoms with E-state index in [4.69, 9.17) is 5.73 Å². The SMILES string of the molecule is CC(C)(C)C(=O)NC1CCN(CCN)CC1. The maximum atomic E-state index is 11.8. The Morgan fingerprint density at radius 3 is 2.38 bits per heavy atom. The largest absolute Gasteiger partial charge is 0.353 e. The summed E-state index contributed by atoms with van der Waals surface area (Å²) in [5.41, 5.74) is 5.24. The van der Waals surface area contributed by atoms with Crippen molar-refractivity contribution in [2.24, 2.45) is 11.1 Å². The van der Waals surface area contributed by atoms with Gasteiger partial charge in [-0.3, -0.25) is 4.79 Å². The third-order valence-corrected chi connectivity index (χ3v) is 3.05. The van der Waals surface area contributed by atoms with Gasteiger partial charge in [0.1, 0.15) is 0 Å². The van der Waals surface area contributed by atoms with Gasteiger partial charge in [0.05, 0.1) is 0 Å². The predicted molar refractivity (Wildman–Crippen MR) is 66.1 cm³/mol. The zero-order chi connectivity index (χ0) is 12.2. The molecular formula is C12H25N3O. The summed E-state index contributed by atoms with van der Waals surface area (Å²) in [6.07, 6.45) is 2.09. The second-order valence-corrected chi connectivity index (χ2v) is 5.63. The van der Waals surface area contributed by atoms with E-state index < -0.39 is 0 Å². The highest BCUT2D eigenvalue weighted by atomic mass is 16.2. The van der Waals surface area contributed by atoms with E-state index in [0.29, 0.717) is 6.04 Å². The number of nitrogens with zero attached hydrogens (tertiary/aromatic N) is 1. The van der Waals surface area contributed by atoms with Gasteiger partial charge >= 0.3 is 0 Å². The van der Waals surface area contributed by atoms with Crippen LogP contribution < -0.4 is 11.1 Å². The summed E-state index contributed by atoms with van der Waals surface area (Å²) in [5.74, 6) is 0.157. The number of nitrogens with two attached hydrogens (primary N) is 1. The van der Waals surface area contributed by atoms with Crippen LogP contribution in [0.25, 0.3) is 0 Å². The molecule has 16 heavy (non-hydrogen) atoms. The van der Waals surface area contributed by atoms with E-state index in [1.165, 1.54) is 0 Å². The van der Waals surface area contributed by atoms with Crippen LogP contribution in [-0.2, 0) is 4.79 Å². The summed E-state index contributed by atoms with van der Waals surface area (Å²) in [6.45, 7) is 9.64. The number of hydrogen-bond acceptors (Lipinski definition) is 3. The minimum Gasteiger partial charge on any atom is -0.353 e. The monoisotopic (exact) mass is 227 g/mol. The summed E-state index contributed by atoms with van der Waals surface area (Å²) in [7, 11) is 0. The Bertz CT molecular complexity index is 227. The van der Waals surface area contributed by atoms with Crippen LogP contribution in [0.4, 0.5) is 0 Å². The van der Waals surface area contributed by atoms with Crippen molar-refractivity contribution in [3.8, 4) is 0 Å². The highest BCUT2D eigenvalue weighted by Crippen LogP contribution is 2.16. The molecule has 4 heteroatoms. The quantitative estimate of drug-likeness (QED) is 0.741. The fourth-order valence-corrected chi connectivity index (χ4v) is 1.89. The first kappa shape index (κ1) is 13.5. The molecule has 1 saturated heterocycles. The van der Waals surface area contributed by atoms with Gasteiger partial charge in [0.25, 0.3) is 0 Å². The van der Waals surface area contributed by atoms with Crippen LogP contribution in [0.15, 0.2) is 0 Å². The second-order valence-electron chi connectivity index (χ2n) is 5.63. The zero-order valence-corrected chi connectivity index (χ0v) is 10.8. The highest BCUT2D eigenvalue weighted by Gasteiger charge is 2.26. The van der Waals surface area contributed by atoms with E-state index in [2.05, 4.69) is 10.2 Å². The standard InChI is InChI=1S/C12H25N3O/c1-12(2,3)11(16)14-10-4-7-15(8-5-10)9-6-13/h10H,4-9,13H2,1-3H3,(H,14,16). The predicted octanol–water partition coefficient (Wildman–Crippen LogP) is 0.572. The minimum atomic E-state index is -0.283. The van der Waals surface area contributed by atoms with Crippen molar-refractivity contribution < 1.29 is 4.79 Å². The molecule has 0 aliphatic carbocycles. The third-order valence-electron chi connectivity index (χ3n) is 3.05. The normalized spacial score (nSPS) is 19.8. The zero-order valence-electron chi connectivity index (χ0n) is 10.8. The van der Waals surface area contributed by atoms with Gasteiger partial charge in [-0.05, 0) is 12.8 Å². The Balaban J connectivity index is 2.30. The first-order valence-corrected chi connectivity index (χ1v) is 6.17. The summed E-state index contributed by atoms with van der Waals surface area (Å²) in [6, 6.07) is 0.348. The van der Waals surface area contributed by atoms with E-state index in [-0.39, 0.29) is 11.3 Å². The number of likely N-dealkylation sites (tertiary alicyclic amines) is 1. The number of piperidine rings is 1. The number of carbonyl (C=O) groups excluding carboxylic acids is 1. The molecule has 0 bridgehead atoms. The molecule has 1 heterocycles. The molecule has 1 aliphatic heterocycles. The topological polar surface area (TPSA) is 58.4 Å². The molecule has 0 spiro atoms. The van der Waals surface area contributed by atoms with Crippen LogP contribution >= 0.6 is 0 Å². The minimum absolute atomic E-state index is 0.157. The molecular weight excluding hydrogens is 202 g/mol. The Kier molecular flexibility index (Phi) is 4.74. The molecule has 3 N–H and O–H groups in total. The van der Waals surface area contributed by atoms with E-state index in [1.54, 1.807) is 0 Å². The fourth-order valence-electron chi connectivity index (χ4n) is 1.89. The van der Waals surface area contributed by atoms with Gasteiger partial charge in [-0.25, -0.2) is 0 Å². The van der Waals surface area contributed by atoms with Crippen molar-refractivity contribution in [1.82, 2.24) is 10.2 Å². The van der Waals surface area contributed by atoms with Gasteiger partial charge in [-0.2, -0.15) is 0 Å². The summed E-state index contributed by atoms with van der Waals surface area (Å²) in [5, 5.41) is 3.12. The molecule has 1 rings (SSSR count). The van der Waals surface area contributed by atoms with Crippen molar-refractivity contribution in [3.05, 3.63) is 0 Å². The first-order chi connectivity index (χ1) is 7.43. The lowest BCUT2D eigenvalue weighted by Gasteiger charge is -2.33. The van der Waals surface area contributed by atoms with Crippen LogP contribution in [0.1, 0.15) is 33.6 Å². The van der Waals surface area contributed by atoms with E-state index >= 15 is 0 Å². The molecule has 0 unspecified atom stereocenters. The molecule has 0 saturated carbocycles. The average Bonchev–Trinajstić information content (AvgIpc) is 2.20. The van der Waals surface area contributed by atoms with Gasteiger partial charge < -0.3 is 16.0 Å². The molecule has 1 fully saturated rings. The summed E-state index contributed by atoms with van der Waals surface area (Å²) < 4.78 is 0. The Labute approximate surface area is 98.6 Å². The highest BCUT2D eigenvalue weighted by molar-refractivity contribution is 5.81. The van der Waals surface area contributed by atoms with E-state index in [0.717, 1.165) is 39.0 Å². The number of hydrogen-bond donors (Lipinski definition) is 2. The average molecular weight is 227 g/mol. The number of amides is 1. The van der Waals surface area contributed by atoms with E-state index in [1.807, 2.05) is 20.8 Å². The Hall–Kier alpha value is -0.610. The van der Waals surface area contributed by atoms with Crippen molar-refractivity contribution in [1.29, 1.82) is 0 Å². The number of carbonyl (C=O) groups is 1. The molecule has 0 atom stereocenters. The summed E-state index contributed by atoms with van der Waals surface area (Å²) >= 11 is 0. The summed E-state index contributed by atoms with van der Waals surface area (Å²) in [4.78, 5) is 14.2. The first-order valence-electron chi connectivity index (χ1n) is 6.17. The Morgan fingerprint density at radius 1 is 1.38 bits per heavy atom. The number of nitrogens with one attached hydrogen (secondary N) is 1. The lowest BCUT2D eigenvalue weighted by molar-refractivity contribution is -0.129. The van der Waals surface area contributed by atoms with Crippen LogP contribution in [0, 0.1) is 5.41 Å². The van der Waals surface area contributed by atoms with E-state index in [9.17, 15) is 4.79 Å². The van der Waals surface area contributed by atoms with Gasteiger partial charge in [0, 0.05) is 37.6 Å². The van der Waals surface area contributed by atoms with Gasteiger partial charge in [-0.15, -0.1) is 0 Å². The molecule has 1 aliphatic rings. The smallest absolute Gasteiger partial charge is 0.225 e. The molecule has 0 aromatic carbocycles. The van der Waals surface area contributed by atoms with Crippen LogP contribution in [0.5, 0.6) is 0 Å². The lowest BCUT2D eigenvalue weighted by Crippen LogP contribution is -2.48. The fraction of sp³-hybridized carbons (Fsp3) is 0.917. The van der Waals surface area contributed by atoms with Crippen molar-refractivity contribution in [2.75, 3.05) is 26.2 Å². The van der Waals surface area contributed by atoms with Crippen molar-refractivity contribution in [2.45, 2.75) is 39.7 Å². The van der Waals surface area contributed by atoms with Gasteiger partial charge in [0.2, 0.25) is 5.91 Å². The molecule has 1 amide bonds. The second kappa shape index (κ2) is 5.64.